The molecule has 3 aliphatic rings. The second kappa shape index (κ2) is 7.67. The van der Waals surface area contributed by atoms with Gasteiger partial charge in [-0.25, -0.2) is 14.8 Å². The number of carbonyl (C=O) groups excluding carboxylic acids is 2. The maximum Gasteiger partial charge on any atom is 0.318 e. The number of urea groups is 1. The number of amides is 3. The van der Waals surface area contributed by atoms with Gasteiger partial charge in [-0.15, -0.1) is 0 Å². The molecule has 0 spiro atoms. The third-order valence-corrected chi connectivity index (χ3v) is 5.46. The first-order chi connectivity index (χ1) is 13.1. The molecule has 146 valence electrons. The van der Waals surface area contributed by atoms with E-state index in [-0.39, 0.29) is 18.0 Å². The first kappa shape index (κ1) is 18.0. The van der Waals surface area contributed by atoms with Gasteiger partial charge in [0.2, 0.25) is 11.9 Å². The normalized spacial score (nSPS) is 26.0. The molecule has 27 heavy (non-hydrogen) atoms. The molecule has 3 aliphatic heterocycles. The Morgan fingerprint density at radius 1 is 1.26 bits per heavy atom. The van der Waals surface area contributed by atoms with E-state index in [1.807, 2.05) is 6.07 Å². The highest BCUT2D eigenvalue weighted by atomic mass is 16.5. The molecule has 9 nitrogen and oxygen atoms in total. The number of anilines is 1. The molecule has 0 unspecified atom stereocenters. The van der Waals surface area contributed by atoms with Crippen LogP contribution in [-0.2, 0) is 9.53 Å². The van der Waals surface area contributed by atoms with Crippen LogP contribution in [0.2, 0.25) is 0 Å². The molecule has 3 saturated heterocycles. The van der Waals surface area contributed by atoms with Crippen LogP contribution >= 0.6 is 0 Å². The van der Waals surface area contributed by atoms with E-state index in [9.17, 15) is 9.59 Å². The molecule has 1 aromatic rings. The summed E-state index contributed by atoms with van der Waals surface area (Å²) in [5, 5.41) is 2.86. The van der Waals surface area contributed by atoms with E-state index in [1.54, 1.807) is 23.0 Å². The van der Waals surface area contributed by atoms with E-state index in [1.165, 1.54) is 0 Å². The van der Waals surface area contributed by atoms with Gasteiger partial charge in [0.05, 0.1) is 18.8 Å². The fraction of sp³-hybridized carbons (Fsp3) is 0.667. The van der Waals surface area contributed by atoms with E-state index < -0.39 is 6.04 Å². The van der Waals surface area contributed by atoms with E-state index in [0.29, 0.717) is 32.7 Å². The molecule has 4 heterocycles. The summed E-state index contributed by atoms with van der Waals surface area (Å²) in [7, 11) is 1.76. The van der Waals surface area contributed by atoms with Gasteiger partial charge in [-0.05, 0) is 25.3 Å². The first-order valence-electron chi connectivity index (χ1n) is 9.62. The highest BCUT2D eigenvalue weighted by Gasteiger charge is 2.33. The zero-order chi connectivity index (χ0) is 18.8. The van der Waals surface area contributed by atoms with Crippen LogP contribution in [0.1, 0.15) is 31.1 Å². The van der Waals surface area contributed by atoms with Crippen molar-refractivity contribution in [3.05, 3.63) is 18.0 Å². The maximum atomic E-state index is 12.6. The van der Waals surface area contributed by atoms with Crippen LogP contribution in [0, 0.1) is 0 Å². The lowest BCUT2D eigenvalue weighted by Crippen LogP contribution is -2.51. The van der Waals surface area contributed by atoms with Crippen LogP contribution in [0.4, 0.5) is 10.7 Å². The van der Waals surface area contributed by atoms with Gasteiger partial charge in [0, 0.05) is 39.4 Å². The zero-order valence-electron chi connectivity index (χ0n) is 15.6. The highest BCUT2D eigenvalue weighted by molar-refractivity contribution is 5.88. The summed E-state index contributed by atoms with van der Waals surface area (Å²) in [6.07, 6.45) is 4.45. The van der Waals surface area contributed by atoms with E-state index >= 15 is 0 Å². The molecule has 3 amide bonds. The fourth-order valence-corrected chi connectivity index (χ4v) is 3.82. The SMILES string of the molecule is CN1CC[C@@H](NC(=O)N2CCO[C@H](c3ccnc(N4CCCC4)n3)C2)C1=O. The Labute approximate surface area is 158 Å². The van der Waals surface area contributed by atoms with Crippen LogP contribution in [0.3, 0.4) is 0 Å². The monoisotopic (exact) mass is 374 g/mol. The summed E-state index contributed by atoms with van der Waals surface area (Å²) in [5.74, 6) is 0.703. The minimum atomic E-state index is -0.426. The van der Waals surface area contributed by atoms with E-state index in [0.717, 1.165) is 37.6 Å². The summed E-state index contributed by atoms with van der Waals surface area (Å²) < 4.78 is 5.86. The number of ether oxygens (including phenoxy) is 1. The van der Waals surface area contributed by atoms with Crippen LogP contribution in [0.25, 0.3) is 0 Å². The summed E-state index contributed by atoms with van der Waals surface area (Å²) in [5.41, 5.74) is 0.793. The number of likely N-dealkylation sites (tertiary alicyclic amines) is 1. The van der Waals surface area contributed by atoms with Crippen LogP contribution < -0.4 is 10.2 Å². The van der Waals surface area contributed by atoms with Crippen LogP contribution in [0.5, 0.6) is 0 Å². The van der Waals surface area contributed by atoms with Crippen molar-refractivity contribution in [3.63, 3.8) is 0 Å². The Hall–Kier alpha value is -2.42. The number of aromatic nitrogens is 2. The average molecular weight is 374 g/mol. The average Bonchev–Trinajstić information content (AvgIpc) is 3.34. The number of likely N-dealkylation sites (N-methyl/N-ethyl adjacent to an activating group) is 1. The van der Waals surface area contributed by atoms with Crippen molar-refractivity contribution in [3.8, 4) is 0 Å². The Balaban J connectivity index is 1.40. The third kappa shape index (κ3) is 3.83. The van der Waals surface area contributed by atoms with Crippen LogP contribution in [-0.4, -0.2) is 84.1 Å². The van der Waals surface area contributed by atoms with Gasteiger partial charge >= 0.3 is 6.03 Å². The molecule has 1 N–H and O–H groups in total. The molecule has 0 bridgehead atoms. The molecular formula is C18H26N6O3. The summed E-state index contributed by atoms with van der Waals surface area (Å²) >= 11 is 0. The molecule has 1 aromatic heterocycles. The van der Waals surface area contributed by atoms with Crippen molar-refractivity contribution < 1.29 is 14.3 Å². The van der Waals surface area contributed by atoms with Gasteiger partial charge in [0.1, 0.15) is 12.1 Å². The minimum Gasteiger partial charge on any atom is -0.368 e. The lowest BCUT2D eigenvalue weighted by atomic mass is 10.2. The van der Waals surface area contributed by atoms with E-state index in [4.69, 9.17) is 4.74 Å². The number of hydrogen-bond acceptors (Lipinski definition) is 6. The van der Waals surface area contributed by atoms with Gasteiger partial charge in [-0.3, -0.25) is 4.79 Å². The van der Waals surface area contributed by atoms with Crippen molar-refractivity contribution in [1.82, 2.24) is 25.1 Å². The molecule has 9 heteroatoms. The van der Waals surface area contributed by atoms with Gasteiger partial charge in [-0.2, -0.15) is 0 Å². The first-order valence-corrected chi connectivity index (χ1v) is 9.62. The zero-order valence-corrected chi connectivity index (χ0v) is 15.6. The molecule has 0 aromatic carbocycles. The van der Waals surface area contributed by atoms with Crippen molar-refractivity contribution in [1.29, 1.82) is 0 Å². The van der Waals surface area contributed by atoms with Gasteiger partial charge < -0.3 is 24.8 Å². The maximum absolute atomic E-state index is 12.6. The Morgan fingerprint density at radius 2 is 2.07 bits per heavy atom. The number of hydrogen-bond donors (Lipinski definition) is 1. The highest BCUT2D eigenvalue weighted by Crippen LogP contribution is 2.23. The molecule has 0 aliphatic carbocycles. The molecular weight excluding hydrogens is 348 g/mol. The van der Waals surface area contributed by atoms with Gasteiger partial charge in [0.15, 0.2) is 0 Å². The Morgan fingerprint density at radius 3 is 2.81 bits per heavy atom. The fourth-order valence-electron chi connectivity index (χ4n) is 3.82. The molecule has 2 atom stereocenters. The lowest BCUT2D eigenvalue weighted by molar-refractivity contribution is -0.128. The van der Waals surface area contributed by atoms with Gasteiger partial charge in [0.25, 0.3) is 0 Å². The van der Waals surface area contributed by atoms with Crippen molar-refractivity contribution in [2.45, 2.75) is 31.4 Å². The largest absolute Gasteiger partial charge is 0.368 e. The topological polar surface area (TPSA) is 90.9 Å². The number of nitrogens with one attached hydrogen (secondary N) is 1. The Bertz CT molecular complexity index is 708. The van der Waals surface area contributed by atoms with Crippen molar-refractivity contribution in [2.24, 2.45) is 0 Å². The second-order valence-electron chi connectivity index (χ2n) is 7.33. The number of morpholine rings is 1. The summed E-state index contributed by atoms with van der Waals surface area (Å²) in [4.78, 5) is 39.2. The second-order valence-corrected chi connectivity index (χ2v) is 7.33. The molecule has 0 radical (unpaired) electrons. The summed E-state index contributed by atoms with van der Waals surface area (Å²) in [6, 6.07) is 1.21. The molecule has 4 rings (SSSR count). The standard InChI is InChI=1S/C18H26N6O3/c1-22-9-5-14(16(22)25)21-18(26)24-10-11-27-15(12-24)13-4-6-19-17(20-13)23-7-2-3-8-23/h4,6,14-15H,2-3,5,7-12H2,1H3,(H,21,26)/t14-,15+/m1/s1. The predicted octanol–water partition coefficient (Wildman–Crippen LogP) is 0.390. The lowest BCUT2D eigenvalue weighted by Gasteiger charge is -2.33. The molecule has 0 saturated carbocycles. The number of nitrogens with zero attached hydrogens (tertiary/aromatic N) is 5. The Kier molecular flexibility index (Phi) is 5.11. The smallest absolute Gasteiger partial charge is 0.318 e. The number of carbonyl (C=O) groups is 2. The number of rotatable bonds is 3. The minimum absolute atomic E-state index is 0.0285. The summed E-state index contributed by atoms with van der Waals surface area (Å²) in [6.45, 7) is 4.00. The quantitative estimate of drug-likeness (QED) is 0.823. The van der Waals surface area contributed by atoms with Crippen molar-refractivity contribution >= 4 is 17.9 Å². The van der Waals surface area contributed by atoms with Gasteiger partial charge in [-0.1, -0.05) is 0 Å². The molecule has 3 fully saturated rings. The third-order valence-electron chi connectivity index (χ3n) is 5.46. The van der Waals surface area contributed by atoms with E-state index in [2.05, 4.69) is 20.2 Å². The van der Waals surface area contributed by atoms with Crippen LogP contribution in [0.15, 0.2) is 12.3 Å². The predicted molar refractivity (Wildman–Crippen MR) is 98.3 cm³/mol. The van der Waals surface area contributed by atoms with Crippen molar-refractivity contribution in [2.75, 3.05) is 51.3 Å².